The van der Waals surface area contributed by atoms with Gasteiger partial charge in [0, 0.05) is 42.6 Å². The summed E-state index contributed by atoms with van der Waals surface area (Å²) in [6, 6.07) is 3.68. The Kier molecular flexibility index (Phi) is 5.59. The maximum absolute atomic E-state index is 12.9. The molecule has 25 heavy (non-hydrogen) atoms. The van der Waals surface area contributed by atoms with Crippen molar-refractivity contribution in [1.82, 2.24) is 19.5 Å². The third-order valence-corrected chi connectivity index (χ3v) is 4.43. The van der Waals surface area contributed by atoms with Gasteiger partial charge in [-0.05, 0) is 6.07 Å². The first kappa shape index (κ1) is 17.3. The number of hydrogen-bond acceptors (Lipinski definition) is 7. The van der Waals surface area contributed by atoms with Crippen LogP contribution in [0.5, 0.6) is 5.88 Å². The second-order valence-corrected chi connectivity index (χ2v) is 6.12. The van der Waals surface area contributed by atoms with Crippen molar-refractivity contribution in [3.63, 3.8) is 0 Å². The van der Waals surface area contributed by atoms with Crippen LogP contribution in [0.4, 0.5) is 0 Å². The van der Waals surface area contributed by atoms with Gasteiger partial charge in [0.05, 0.1) is 13.2 Å². The van der Waals surface area contributed by atoms with Crippen molar-refractivity contribution in [1.29, 1.82) is 0 Å². The highest BCUT2D eigenvalue weighted by Crippen LogP contribution is 2.28. The third kappa shape index (κ3) is 3.78. The number of aliphatic hydroxyl groups is 2. The maximum atomic E-state index is 12.9. The van der Waals surface area contributed by atoms with Crippen molar-refractivity contribution in [3.05, 3.63) is 47.2 Å². The first-order valence-electron chi connectivity index (χ1n) is 7.73. The number of aliphatic hydroxyl groups excluding tert-OH is 2. The molecule has 0 atom stereocenters. The quantitative estimate of drug-likeness (QED) is 0.615. The van der Waals surface area contributed by atoms with E-state index in [-0.39, 0.29) is 44.7 Å². The Hall–Kier alpha value is -2.49. The van der Waals surface area contributed by atoms with Crippen LogP contribution in [-0.4, -0.2) is 61.9 Å². The lowest BCUT2D eigenvalue weighted by molar-refractivity contribution is 0.0682. The smallest absolute Gasteiger partial charge is 0.262 e. The van der Waals surface area contributed by atoms with Gasteiger partial charge >= 0.3 is 0 Å². The SMILES string of the molecule is O=C(c1c(OCc2cccnc2)nn2ccsc12)N(CCO)CCO. The number of carbonyl (C=O) groups excluding carboxylic acids is 1. The van der Waals surface area contributed by atoms with Crippen LogP contribution in [0.25, 0.3) is 4.83 Å². The molecule has 0 aliphatic rings. The van der Waals surface area contributed by atoms with Crippen LogP contribution in [-0.2, 0) is 6.61 Å². The Morgan fingerprint density at radius 1 is 1.32 bits per heavy atom. The lowest BCUT2D eigenvalue weighted by Gasteiger charge is -2.20. The van der Waals surface area contributed by atoms with E-state index in [2.05, 4.69) is 10.1 Å². The zero-order valence-corrected chi connectivity index (χ0v) is 14.2. The molecule has 0 saturated carbocycles. The fourth-order valence-corrected chi connectivity index (χ4v) is 3.21. The summed E-state index contributed by atoms with van der Waals surface area (Å²) >= 11 is 1.37. The number of nitrogens with zero attached hydrogens (tertiary/aromatic N) is 4. The van der Waals surface area contributed by atoms with Crippen molar-refractivity contribution in [2.24, 2.45) is 0 Å². The average molecular weight is 362 g/mol. The van der Waals surface area contributed by atoms with Crippen LogP contribution < -0.4 is 4.74 Å². The fraction of sp³-hybridized carbons (Fsp3) is 0.312. The standard InChI is InChI=1S/C16H18N4O4S/c21-7-4-19(5-8-22)15(23)13-14(18-20-6-9-25-16(13)20)24-11-12-2-1-3-17-10-12/h1-3,6,9-10,21-22H,4-5,7-8,11H2. The second kappa shape index (κ2) is 8.06. The second-order valence-electron chi connectivity index (χ2n) is 5.22. The number of hydrogen-bond donors (Lipinski definition) is 2. The molecule has 0 unspecified atom stereocenters. The highest BCUT2D eigenvalue weighted by atomic mass is 32.1. The van der Waals surface area contributed by atoms with Gasteiger partial charge in [0.25, 0.3) is 5.91 Å². The normalized spacial score (nSPS) is 11.0. The molecule has 2 N–H and O–H groups in total. The Morgan fingerprint density at radius 3 is 2.80 bits per heavy atom. The molecular weight excluding hydrogens is 344 g/mol. The predicted molar refractivity (Wildman–Crippen MR) is 91.7 cm³/mol. The Bertz CT molecular complexity index is 827. The minimum Gasteiger partial charge on any atom is -0.471 e. The minimum absolute atomic E-state index is 0.129. The summed E-state index contributed by atoms with van der Waals surface area (Å²) in [5.41, 5.74) is 1.20. The van der Waals surface area contributed by atoms with Gasteiger partial charge in [-0.2, -0.15) is 0 Å². The van der Waals surface area contributed by atoms with E-state index in [1.165, 1.54) is 16.2 Å². The number of fused-ring (bicyclic) bond motifs is 1. The van der Waals surface area contributed by atoms with Crippen LogP contribution in [0.3, 0.4) is 0 Å². The van der Waals surface area contributed by atoms with E-state index in [4.69, 9.17) is 4.74 Å². The predicted octanol–water partition coefficient (Wildman–Crippen LogP) is 0.797. The van der Waals surface area contributed by atoms with Gasteiger partial charge in [0.15, 0.2) is 0 Å². The van der Waals surface area contributed by atoms with E-state index in [1.54, 1.807) is 29.2 Å². The molecule has 3 aromatic heterocycles. The summed E-state index contributed by atoms with van der Waals surface area (Å²) in [5.74, 6) is -0.108. The van der Waals surface area contributed by atoms with E-state index in [1.807, 2.05) is 11.4 Å². The van der Waals surface area contributed by atoms with Crippen molar-refractivity contribution >= 4 is 22.1 Å². The molecule has 0 radical (unpaired) electrons. The number of amides is 1. The molecule has 0 aliphatic heterocycles. The summed E-state index contributed by atoms with van der Waals surface area (Å²) in [6.45, 7) is 0.117. The summed E-state index contributed by atoms with van der Waals surface area (Å²) in [4.78, 5) is 19.0. The topological polar surface area (TPSA) is 100 Å². The van der Waals surface area contributed by atoms with Crippen molar-refractivity contribution in [2.45, 2.75) is 6.61 Å². The molecule has 132 valence electrons. The Labute approximate surface area is 147 Å². The molecule has 0 aliphatic carbocycles. The number of carbonyl (C=O) groups is 1. The first-order valence-corrected chi connectivity index (χ1v) is 8.61. The van der Waals surface area contributed by atoms with Gasteiger partial charge in [-0.1, -0.05) is 6.07 Å². The van der Waals surface area contributed by atoms with Crippen molar-refractivity contribution in [2.75, 3.05) is 26.3 Å². The minimum atomic E-state index is -0.332. The lowest BCUT2D eigenvalue weighted by atomic mass is 10.2. The van der Waals surface area contributed by atoms with Gasteiger partial charge in [-0.15, -0.1) is 16.4 Å². The van der Waals surface area contributed by atoms with Crippen LogP contribution in [0, 0.1) is 0 Å². The molecule has 3 rings (SSSR count). The molecule has 0 spiro atoms. The van der Waals surface area contributed by atoms with Gasteiger partial charge in [0.2, 0.25) is 5.88 Å². The lowest BCUT2D eigenvalue weighted by Crippen LogP contribution is -2.36. The molecule has 1 amide bonds. The van der Waals surface area contributed by atoms with Crippen LogP contribution >= 0.6 is 11.3 Å². The highest BCUT2D eigenvalue weighted by Gasteiger charge is 2.26. The zero-order valence-electron chi connectivity index (χ0n) is 13.4. The van der Waals surface area contributed by atoms with E-state index in [0.717, 1.165) is 5.56 Å². The average Bonchev–Trinajstić information content (AvgIpc) is 3.20. The molecule has 9 heteroatoms. The molecule has 8 nitrogen and oxygen atoms in total. The summed E-state index contributed by atoms with van der Waals surface area (Å²) in [7, 11) is 0. The van der Waals surface area contributed by atoms with E-state index in [0.29, 0.717) is 10.4 Å². The number of pyridine rings is 1. The van der Waals surface area contributed by atoms with E-state index >= 15 is 0 Å². The number of aromatic nitrogens is 3. The Morgan fingerprint density at radius 2 is 2.12 bits per heavy atom. The largest absolute Gasteiger partial charge is 0.471 e. The van der Waals surface area contributed by atoms with Gasteiger partial charge in [0.1, 0.15) is 17.0 Å². The van der Waals surface area contributed by atoms with Crippen molar-refractivity contribution < 1.29 is 19.7 Å². The zero-order chi connectivity index (χ0) is 17.6. The third-order valence-electron chi connectivity index (χ3n) is 3.56. The molecule has 0 saturated heterocycles. The molecule has 3 heterocycles. The molecule has 0 fully saturated rings. The summed E-state index contributed by atoms with van der Waals surface area (Å²) in [6.07, 6.45) is 5.10. The van der Waals surface area contributed by atoms with E-state index in [9.17, 15) is 15.0 Å². The number of ether oxygens (including phenoxy) is 1. The van der Waals surface area contributed by atoms with Crippen molar-refractivity contribution in [3.8, 4) is 5.88 Å². The fourth-order valence-electron chi connectivity index (χ4n) is 2.40. The molecule has 0 aromatic carbocycles. The molecule has 3 aromatic rings. The molecular formula is C16H18N4O4S. The highest BCUT2D eigenvalue weighted by molar-refractivity contribution is 7.16. The number of thiazole rings is 1. The van der Waals surface area contributed by atoms with Crippen LogP contribution in [0.15, 0.2) is 36.1 Å². The van der Waals surface area contributed by atoms with Crippen LogP contribution in [0.2, 0.25) is 0 Å². The molecule has 0 bridgehead atoms. The van der Waals surface area contributed by atoms with E-state index < -0.39 is 0 Å². The van der Waals surface area contributed by atoms with Crippen LogP contribution in [0.1, 0.15) is 15.9 Å². The number of rotatable bonds is 8. The first-order chi connectivity index (χ1) is 12.2. The summed E-state index contributed by atoms with van der Waals surface area (Å²) < 4.78 is 7.35. The van der Waals surface area contributed by atoms with Gasteiger partial charge in [-0.25, -0.2) is 4.52 Å². The maximum Gasteiger partial charge on any atom is 0.262 e. The Balaban J connectivity index is 1.89. The van der Waals surface area contributed by atoms with Gasteiger partial charge in [-0.3, -0.25) is 9.78 Å². The monoisotopic (exact) mass is 362 g/mol. The summed E-state index contributed by atoms with van der Waals surface area (Å²) in [5, 5.41) is 24.5. The van der Waals surface area contributed by atoms with Gasteiger partial charge < -0.3 is 19.8 Å².